The van der Waals surface area contributed by atoms with Crippen LogP contribution in [0.25, 0.3) is 0 Å². The Bertz CT molecular complexity index is 641. The molecular formula is C16H18ClNO3S. The number of methoxy groups -OCH3 is 1. The van der Waals surface area contributed by atoms with Gasteiger partial charge in [-0.05, 0) is 47.5 Å². The van der Waals surface area contributed by atoms with E-state index in [1.807, 2.05) is 16.8 Å². The summed E-state index contributed by atoms with van der Waals surface area (Å²) in [6.07, 6.45) is 0.476. The van der Waals surface area contributed by atoms with Gasteiger partial charge in [0.25, 0.3) is 5.91 Å². The van der Waals surface area contributed by atoms with Crippen LogP contribution in [0, 0.1) is 0 Å². The second-order valence-corrected chi connectivity index (χ2v) is 6.55. The molecule has 0 aliphatic rings. The number of aliphatic hydroxyl groups is 1. The summed E-state index contributed by atoms with van der Waals surface area (Å²) in [5.41, 5.74) is 0.369. The largest absolute Gasteiger partial charge is 0.496 e. The van der Waals surface area contributed by atoms with Crippen molar-refractivity contribution in [3.8, 4) is 5.75 Å². The Balaban J connectivity index is 2.01. The zero-order valence-corrected chi connectivity index (χ0v) is 14.0. The number of benzene rings is 1. The summed E-state index contributed by atoms with van der Waals surface area (Å²) in [6.45, 7) is 1.83. The summed E-state index contributed by atoms with van der Waals surface area (Å²) in [5.74, 6) is 0.115. The summed E-state index contributed by atoms with van der Waals surface area (Å²) < 4.78 is 5.16. The second-order valence-electron chi connectivity index (χ2n) is 5.33. The van der Waals surface area contributed by atoms with Gasteiger partial charge in [0.2, 0.25) is 0 Å². The van der Waals surface area contributed by atoms with Crippen molar-refractivity contribution in [3.63, 3.8) is 0 Å². The Morgan fingerprint density at radius 3 is 2.86 bits per heavy atom. The van der Waals surface area contributed by atoms with Crippen molar-refractivity contribution in [2.45, 2.75) is 18.9 Å². The van der Waals surface area contributed by atoms with Gasteiger partial charge < -0.3 is 15.2 Å². The van der Waals surface area contributed by atoms with Gasteiger partial charge in [0.15, 0.2) is 0 Å². The Morgan fingerprint density at radius 1 is 1.45 bits per heavy atom. The van der Waals surface area contributed by atoms with Gasteiger partial charge in [-0.25, -0.2) is 0 Å². The lowest BCUT2D eigenvalue weighted by Gasteiger charge is -2.23. The number of thiophene rings is 1. The molecule has 1 atom stereocenters. The highest BCUT2D eigenvalue weighted by Gasteiger charge is 2.23. The zero-order chi connectivity index (χ0) is 16.2. The first-order valence-electron chi connectivity index (χ1n) is 6.76. The number of amides is 1. The van der Waals surface area contributed by atoms with E-state index in [2.05, 4.69) is 5.32 Å². The Labute approximate surface area is 138 Å². The van der Waals surface area contributed by atoms with E-state index in [0.29, 0.717) is 22.8 Å². The summed E-state index contributed by atoms with van der Waals surface area (Å²) in [4.78, 5) is 12.3. The van der Waals surface area contributed by atoms with Crippen molar-refractivity contribution in [2.75, 3.05) is 13.7 Å². The molecule has 0 fully saturated rings. The molecule has 1 heterocycles. The highest BCUT2D eigenvalue weighted by Crippen LogP contribution is 2.23. The summed E-state index contributed by atoms with van der Waals surface area (Å²) in [5, 5.41) is 17.5. The predicted molar refractivity (Wildman–Crippen MR) is 89.0 cm³/mol. The molecule has 6 heteroatoms. The van der Waals surface area contributed by atoms with Crippen LogP contribution in [0.4, 0.5) is 0 Å². The minimum absolute atomic E-state index is 0.136. The maximum absolute atomic E-state index is 12.3. The number of hydrogen-bond donors (Lipinski definition) is 2. The monoisotopic (exact) mass is 339 g/mol. The van der Waals surface area contributed by atoms with Gasteiger partial charge in [0.05, 0.1) is 18.3 Å². The maximum atomic E-state index is 12.3. The highest BCUT2D eigenvalue weighted by atomic mass is 35.5. The standard InChI is InChI=1S/C16H18ClNO3S/c1-16(20,8-11-5-6-22-9-11)10-18-15(19)13-7-12(17)3-4-14(13)21-2/h3-7,9,20H,8,10H2,1-2H3,(H,18,19). The Morgan fingerprint density at radius 2 is 2.23 bits per heavy atom. The van der Waals surface area contributed by atoms with Crippen LogP contribution in [0.3, 0.4) is 0 Å². The molecule has 4 nitrogen and oxygen atoms in total. The molecule has 0 saturated carbocycles. The van der Waals surface area contributed by atoms with Gasteiger partial charge in [-0.1, -0.05) is 11.6 Å². The van der Waals surface area contributed by atoms with E-state index in [1.165, 1.54) is 7.11 Å². The quantitative estimate of drug-likeness (QED) is 0.850. The highest BCUT2D eigenvalue weighted by molar-refractivity contribution is 7.07. The molecule has 2 aromatic rings. The lowest BCUT2D eigenvalue weighted by atomic mass is 9.98. The molecule has 2 N–H and O–H groups in total. The van der Waals surface area contributed by atoms with Gasteiger partial charge in [-0.2, -0.15) is 11.3 Å². The van der Waals surface area contributed by atoms with Gasteiger partial charge in [-0.15, -0.1) is 0 Å². The van der Waals surface area contributed by atoms with Crippen molar-refractivity contribution in [3.05, 3.63) is 51.2 Å². The zero-order valence-electron chi connectivity index (χ0n) is 12.4. The van der Waals surface area contributed by atoms with Crippen LogP contribution >= 0.6 is 22.9 Å². The third-order valence-corrected chi connectivity index (χ3v) is 4.17. The third-order valence-electron chi connectivity index (χ3n) is 3.20. The summed E-state index contributed by atoms with van der Waals surface area (Å²) in [6, 6.07) is 6.80. The van der Waals surface area contributed by atoms with Crippen LogP contribution in [0.15, 0.2) is 35.0 Å². The van der Waals surface area contributed by atoms with Gasteiger partial charge >= 0.3 is 0 Å². The number of carbonyl (C=O) groups is 1. The van der Waals surface area contributed by atoms with Crippen molar-refractivity contribution in [1.29, 1.82) is 0 Å². The fourth-order valence-electron chi connectivity index (χ4n) is 2.12. The first-order valence-corrected chi connectivity index (χ1v) is 8.08. The van der Waals surface area contributed by atoms with E-state index >= 15 is 0 Å². The second kappa shape index (κ2) is 7.13. The normalized spacial score (nSPS) is 13.5. The molecule has 0 saturated heterocycles. The average molecular weight is 340 g/mol. The molecule has 22 heavy (non-hydrogen) atoms. The lowest BCUT2D eigenvalue weighted by molar-refractivity contribution is 0.0552. The van der Waals surface area contributed by atoms with Crippen LogP contribution in [0.5, 0.6) is 5.75 Å². The predicted octanol–water partition coefficient (Wildman–Crippen LogP) is 3.13. The molecule has 118 valence electrons. The van der Waals surface area contributed by atoms with Crippen LogP contribution in [0.2, 0.25) is 5.02 Å². The van der Waals surface area contributed by atoms with Crippen LogP contribution < -0.4 is 10.1 Å². The SMILES string of the molecule is COc1ccc(Cl)cc1C(=O)NCC(C)(O)Cc1ccsc1. The van der Waals surface area contributed by atoms with Crippen LogP contribution in [-0.4, -0.2) is 30.3 Å². The first kappa shape index (κ1) is 16.8. The Kier molecular flexibility index (Phi) is 5.45. The molecule has 1 unspecified atom stereocenters. The van der Waals surface area contributed by atoms with Crippen molar-refractivity contribution >= 4 is 28.8 Å². The number of hydrogen-bond acceptors (Lipinski definition) is 4. The van der Waals surface area contributed by atoms with E-state index in [1.54, 1.807) is 36.5 Å². The van der Waals surface area contributed by atoms with Crippen LogP contribution in [0.1, 0.15) is 22.8 Å². The first-order chi connectivity index (χ1) is 10.4. The molecule has 0 spiro atoms. The molecular weight excluding hydrogens is 322 g/mol. The van der Waals surface area contributed by atoms with Crippen molar-refractivity contribution in [2.24, 2.45) is 0 Å². The van der Waals surface area contributed by atoms with E-state index in [-0.39, 0.29) is 12.5 Å². The third kappa shape index (κ3) is 4.47. The molecule has 1 aromatic carbocycles. The molecule has 0 aliphatic heterocycles. The minimum Gasteiger partial charge on any atom is -0.496 e. The average Bonchev–Trinajstić information content (AvgIpc) is 2.97. The smallest absolute Gasteiger partial charge is 0.255 e. The number of carbonyl (C=O) groups excluding carboxylic acids is 1. The lowest BCUT2D eigenvalue weighted by Crippen LogP contribution is -2.42. The number of ether oxygens (including phenoxy) is 1. The maximum Gasteiger partial charge on any atom is 0.255 e. The fraction of sp³-hybridized carbons (Fsp3) is 0.312. The van der Waals surface area contributed by atoms with Crippen molar-refractivity contribution < 1.29 is 14.6 Å². The van der Waals surface area contributed by atoms with Gasteiger partial charge in [0, 0.05) is 18.0 Å². The molecule has 0 aliphatic carbocycles. The van der Waals surface area contributed by atoms with E-state index in [9.17, 15) is 9.90 Å². The van der Waals surface area contributed by atoms with E-state index in [4.69, 9.17) is 16.3 Å². The number of halogens is 1. The molecule has 1 amide bonds. The number of rotatable bonds is 6. The Hall–Kier alpha value is -1.56. The van der Waals surface area contributed by atoms with Gasteiger partial charge in [-0.3, -0.25) is 4.79 Å². The number of nitrogens with one attached hydrogen (secondary N) is 1. The molecule has 0 radical (unpaired) electrons. The molecule has 2 rings (SSSR count). The fourth-order valence-corrected chi connectivity index (χ4v) is 2.96. The van der Waals surface area contributed by atoms with E-state index < -0.39 is 5.60 Å². The minimum atomic E-state index is -1.03. The van der Waals surface area contributed by atoms with Gasteiger partial charge in [0.1, 0.15) is 5.75 Å². The topological polar surface area (TPSA) is 58.6 Å². The van der Waals surface area contributed by atoms with Crippen molar-refractivity contribution in [1.82, 2.24) is 5.32 Å². The molecule has 0 bridgehead atoms. The summed E-state index contributed by atoms with van der Waals surface area (Å²) >= 11 is 7.50. The van der Waals surface area contributed by atoms with Crippen LogP contribution in [-0.2, 0) is 6.42 Å². The molecule has 1 aromatic heterocycles. The van der Waals surface area contributed by atoms with E-state index in [0.717, 1.165) is 5.56 Å². The summed E-state index contributed by atoms with van der Waals surface area (Å²) in [7, 11) is 1.49.